The minimum Gasteiger partial charge on any atom is -0.387 e. The number of aliphatic hydroxyl groups excluding tert-OH is 1. The molecule has 138 valence electrons. The highest BCUT2D eigenvalue weighted by molar-refractivity contribution is 6.30. The molecule has 0 aliphatic heterocycles. The molecule has 1 aromatic heterocycles. The first-order valence-corrected chi connectivity index (χ1v) is 8.89. The molecule has 3 aromatic rings. The number of aliphatic hydroxyl groups is 1. The molecule has 1 amide bonds. The van der Waals surface area contributed by atoms with Crippen molar-refractivity contribution in [2.75, 3.05) is 18.5 Å². The molecule has 0 saturated heterocycles. The van der Waals surface area contributed by atoms with Crippen LogP contribution in [0.2, 0.25) is 5.02 Å². The first kappa shape index (κ1) is 18.9. The van der Waals surface area contributed by atoms with Gasteiger partial charge in [-0.15, -0.1) is 0 Å². The summed E-state index contributed by atoms with van der Waals surface area (Å²) in [6.07, 6.45) is 0.723. The molecular weight excluding hydrogens is 362 g/mol. The normalized spacial score (nSPS) is 11.7. The summed E-state index contributed by atoms with van der Waals surface area (Å²) in [7, 11) is 1.92. The smallest absolute Gasteiger partial charge is 0.252 e. The Hall–Kier alpha value is -2.89. The maximum absolute atomic E-state index is 12.3. The number of aromatic nitrogens is 1. The highest BCUT2D eigenvalue weighted by Crippen LogP contribution is 2.21. The third-order valence-electron chi connectivity index (χ3n) is 4.21. The number of halogens is 1. The molecule has 0 bridgehead atoms. The molecule has 0 fully saturated rings. The molecule has 0 aliphatic rings. The highest BCUT2D eigenvalue weighted by atomic mass is 35.5. The van der Waals surface area contributed by atoms with Gasteiger partial charge in [0.1, 0.15) is 5.82 Å². The average Bonchev–Trinajstić information content (AvgIpc) is 2.72. The molecule has 1 atom stereocenters. The Morgan fingerprint density at radius 2 is 1.81 bits per heavy atom. The Morgan fingerprint density at radius 1 is 1.11 bits per heavy atom. The minimum absolute atomic E-state index is 0.103. The van der Waals surface area contributed by atoms with Gasteiger partial charge in [0.15, 0.2) is 0 Å². The number of para-hydroxylation sites is 1. The lowest BCUT2D eigenvalue weighted by Gasteiger charge is -2.18. The molecule has 2 N–H and O–H groups in total. The number of benzene rings is 2. The third-order valence-corrected chi connectivity index (χ3v) is 4.46. The van der Waals surface area contributed by atoms with E-state index in [1.54, 1.807) is 36.4 Å². The molecule has 6 heteroatoms. The quantitative estimate of drug-likeness (QED) is 0.678. The van der Waals surface area contributed by atoms with E-state index in [4.69, 9.17) is 11.6 Å². The predicted octanol–water partition coefficient (Wildman–Crippen LogP) is 3.97. The first-order valence-electron chi connectivity index (χ1n) is 8.51. The van der Waals surface area contributed by atoms with Crippen LogP contribution in [0.3, 0.4) is 0 Å². The van der Waals surface area contributed by atoms with Crippen LogP contribution in [0.5, 0.6) is 0 Å². The van der Waals surface area contributed by atoms with Crippen molar-refractivity contribution >= 4 is 29.0 Å². The summed E-state index contributed by atoms with van der Waals surface area (Å²) in [5.74, 6) is 0.448. The lowest BCUT2D eigenvalue weighted by Crippen LogP contribution is -2.28. The van der Waals surface area contributed by atoms with Gasteiger partial charge >= 0.3 is 0 Å². The standard InChI is InChI=1S/C21H20ClN3O2/c1-25(18-5-3-2-4-6-18)20-12-9-16(13-23-20)21(27)24-14-19(26)15-7-10-17(22)11-8-15/h2-13,19,26H,14H2,1H3,(H,24,27). The third kappa shape index (κ3) is 4.84. The number of hydrogen-bond donors (Lipinski definition) is 2. The number of pyridine rings is 1. The molecule has 0 radical (unpaired) electrons. The van der Waals surface area contributed by atoms with E-state index in [-0.39, 0.29) is 12.5 Å². The van der Waals surface area contributed by atoms with Crippen LogP contribution < -0.4 is 10.2 Å². The van der Waals surface area contributed by atoms with E-state index in [0.29, 0.717) is 16.1 Å². The molecule has 0 saturated carbocycles. The fraction of sp³-hybridized carbons (Fsp3) is 0.143. The zero-order chi connectivity index (χ0) is 19.2. The first-order chi connectivity index (χ1) is 13.0. The Morgan fingerprint density at radius 3 is 2.44 bits per heavy atom. The molecule has 2 aromatic carbocycles. The van der Waals surface area contributed by atoms with E-state index in [9.17, 15) is 9.90 Å². The maximum atomic E-state index is 12.3. The number of anilines is 2. The predicted molar refractivity (Wildman–Crippen MR) is 107 cm³/mol. The average molecular weight is 382 g/mol. The Labute approximate surface area is 163 Å². The maximum Gasteiger partial charge on any atom is 0.252 e. The number of hydrogen-bond acceptors (Lipinski definition) is 4. The van der Waals surface area contributed by atoms with Crippen molar-refractivity contribution in [3.63, 3.8) is 0 Å². The Balaban J connectivity index is 1.59. The van der Waals surface area contributed by atoms with Crippen LogP contribution in [0.1, 0.15) is 22.0 Å². The van der Waals surface area contributed by atoms with E-state index in [1.165, 1.54) is 6.20 Å². The van der Waals surface area contributed by atoms with Crippen LogP contribution >= 0.6 is 11.6 Å². The van der Waals surface area contributed by atoms with Gasteiger partial charge in [-0.1, -0.05) is 41.9 Å². The van der Waals surface area contributed by atoms with Crippen molar-refractivity contribution in [2.24, 2.45) is 0 Å². The number of rotatable bonds is 6. The van der Waals surface area contributed by atoms with E-state index in [1.807, 2.05) is 42.3 Å². The largest absolute Gasteiger partial charge is 0.387 e. The lowest BCUT2D eigenvalue weighted by atomic mass is 10.1. The van der Waals surface area contributed by atoms with Gasteiger partial charge in [0.05, 0.1) is 11.7 Å². The van der Waals surface area contributed by atoms with Crippen LogP contribution in [0.25, 0.3) is 0 Å². The second kappa shape index (κ2) is 8.66. The number of amides is 1. The van der Waals surface area contributed by atoms with Gasteiger partial charge in [-0.25, -0.2) is 4.98 Å². The Kier molecular flexibility index (Phi) is 6.06. The van der Waals surface area contributed by atoms with Gasteiger partial charge in [-0.2, -0.15) is 0 Å². The number of carbonyl (C=O) groups is 1. The molecule has 1 unspecified atom stereocenters. The van der Waals surface area contributed by atoms with Gasteiger partial charge in [0.2, 0.25) is 0 Å². The van der Waals surface area contributed by atoms with Crippen LogP contribution in [0.4, 0.5) is 11.5 Å². The van der Waals surface area contributed by atoms with Gasteiger partial charge in [0, 0.05) is 30.5 Å². The fourth-order valence-corrected chi connectivity index (χ4v) is 2.72. The second-order valence-corrected chi connectivity index (χ2v) is 6.51. The summed E-state index contributed by atoms with van der Waals surface area (Å²) < 4.78 is 0. The second-order valence-electron chi connectivity index (χ2n) is 6.08. The van der Waals surface area contributed by atoms with E-state index in [0.717, 1.165) is 11.5 Å². The zero-order valence-corrected chi connectivity index (χ0v) is 15.6. The summed E-state index contributed by atoms with van der Waals surface area (Å²) in [6, 6.07) is 20.2. The lowest BCUT2D eigenvalue weighted by molar-refractivity contribution is 0.0916. The van der Waals surface area contributed by atoms with Crippen molar-refractivity contribution in [3.8, 4) is 0 Å². The molecule has 27 heavy (non-hydrogen) atoms. The Bertz CT molecular complexity index is 884. The summed E-state index contributed by atoms with van der Waals surface area (Å²) in [5, 5.41) is 13.5. The van der Waals surface area contributed by atoms with Crippen molar-refractivity contribution < 1.29 is 9.90 Å². The van der Waals surface area contributed by atoms with Crippen molar-refractivity contribution in [1.82, 2.24) is 10.3 Å². The van der Waals surface area contributed by atoms with Crippen molar-refractivity contribution in [2.45, 2.75) is 6.10 Å². The molecule has 0 spiro atoms. The molecular formula is C21H20ClN3O2. The fourth-order valence-electron chi connectivity index (χ4n) is 2.60. The van der Waals surface area contributed by atoms with Crippen molar-refractivity contribution in [3.05, 3.63) is 89.1 Å². The van der Waals surface area contributed by atoms with Gasteiger partial charge in [0.25, 0.3) is 5.91 Å². The van der Waals surface area contributed by atoms with E-state index >= 15 is 0 Å². The molecule has 1 heterocycles. The molecule has 0 aliphatic carbocycles. The summed E-state index contributed by atoms with van der Waals surface area (Å²) in [6.45, 7) is 0.103. The summed E-state index contributed by atoms with van der Waals surface area (Å²) >= 11 is 5.84. The van der Waals surface area contributed by atoms with Crippen LogP contribution in [0, 0.1) is 0 Å². The number of carbonyl (C=O) groups excluding carboxylic acids is 1. The topological polar surface area (TPSA) is 65.5 Å². The van der Waals surface area contributed by atoms with Crippen LogP contribution in [0.15, 0.2) is 72.9 Å². The molecule has 3 rings (SSSR count). The monoisotopic (exact) mass is 381 g/mol. The van der Waals surface area contributed by atoms with Crippen LogP contribution in [-0.4, -0.2) is 29.6 Å². The minimum atomic E-state index is -0.803. The SMILES string of the molecule is CN(c1ccccc1)c1ccc(C(=O)NCC(O)c2ccc(Cl)cc2)cn1. The van der Waals surface area contributed by atoms with E-state index in [2.05, 4.69) is 10.3 Å². The van der Waals surface area contributed by atoms with Gasteiger partial charge in [-0.05, 0) is 42.0 Å². The van der Waals surface area contributed by atoms with E-state index < -0.39 is 6.10 Å². The van der Waals surface area contributed by atoms with Gasteiger partial charge in [-0.3, -0.25) is 4.79 Å². The van der Waals surface area contributed by atoms with Crippen molar-refractivity contribution in [1.29, 1.82) is 0 Å². The van der Waals surface area contributed by atoms with Gasteiger partial charge < -0.3 is 15.3 Å². The van der Waals surface area contributed by atoms with Crippen LogP contribution in [-0.2, 0) is 0 Å². The summed E-state index contributed by atoms with van der Waals surface area (Å²) in [5.41, 5.74) is 2.13. The number of nitrogens with one attached hydrogen (secondary N) is 1. The highest BCUT2D eigenvalue weighted by Gasteiger charge is 2.12. The zero-order valence-electron chi connectivity index (χ0n) is 14.8. The number of nitrogens with zero attached hydrogens (tertiary/aromatic N) is 2. The molecule has 5 nitrogen and oxygen atoms in total. The summed E-state index contributed by atoms with van der Waals surface area (Å²) in [4.78, 5) is 18.6.